The van der Waals surface area contributed by atoms with E-state index in [1.165, 1.54) is 11.2 Å². The predicted octanol–water partition coefficient (Wildman–Crippen LogP) is 3.48. The molecule has 1 N–H and O–H groups in total. The van der Waals surface area contributed by atoms with Gasteiger partial charge in [-0.2, -0.15) is 13.2 Å². The third-order valence-corrected chi connectivity index (χ3v) is 4.72. The number of furan rings is 1. The van der Waals surface area contributed by atoms with Crippen LogP contribution in [-0.2, 0) is 31.8 Å². The second-order valence-electron chi connectivity index (χ2n) is 6.60. The highest BCUT2D eigenvalue weighted by molar-refractivity contribution is 6.33. The lowest BCUT2D eigenvalue weighted by Gasteiger charge is -2.15. The number of rotatable bonds is 6. The molecule has 1 saturated heterocycles. The Balaban J connectivity index is 1.51. The van der Waals surface area contributed by atoms with Gasteiger partial charge < -0.3 is 19.4 Å². The summed E-state index contributed by atoms with van der Waals surface area (Å²) in [6.07, 6.45) is -3.20. The van der Waals surface area contributed by atoms with E-state index >= 15 is 0 Å². The fraction of sp³-hybridized carbons (Fsp3) is 0.316. The minimum atomic E-state index is -4.60. The van der Waals surface area contributed by atoms with Crippen LogP contribution in [0.25, 0.3) is 0 Å². The van der Waals surface area contributed by atoms with Crippen molar-refractivity contribution in [2.45, 2.75) is 19.1 Å². The molecule has 30 heavy (non-hydrogen) atoms. The number of anilines is 1. The van der Waals surface area contributed by atoms with Crippen molar-refractivity contribution < 1.29 is 36.7 Å². The Labute approximate surface area is 173 Å². The van der Waals surface area contributed by atoms with Crippen molar-refractivity contribution in [3.05, 3.63) is 52.9 Å². The van der Waals surface area contributed by atoms with Crippen LogP contribution in [0.15, 0.2) is 41.0 Å². The highest BCUT2D eigenvalue weighted by atomic mass is 35.5. The van der Waals surface area contributed by atoms with Gasteiger partial charge in [0.2, 0.25) is 5.91 Å². The summed E-state index contributed by atoms with van der Waals surface area (Å²) in [6, 6.07) is 5.84. The number of amides is 2. The molecule has 11 heteroatoms. The van der Waals surface area contributed by atoms with Crippen LogP contribution in [0.2, 0.25) is 5.02 Å². The SMILES string of the molecule is O=C(COC(=O)[C@H]1CC(=O)N(Cc2ccco2)C1)Nc1cc(C(F)(F)F)ccc1Cl. The van der Waals surface area contributed by atoms with E-state index in [9.17, 15) is 27.6 Å². The number of ether oxygens (including phenoxy) is 1. The first-order chi connectivity index (χ1) is 14.1. The van der Waals surface area contributed by atoms with Crippen LogP contribution in [0.1, 0.15) is 17.7 Å². The molecule has 0 spiro atoms. The number of esters is 1. The molecule has 2 amide bonds. The maximum Gasteiger partial charge on any atom is 0.416 e. The molecule has 1 aliphatic heterocycles. The number of alkyl halides is 3. The topological polar surface area (TPSA) is 88.9 Å². The molecule has 1 aromatic carbocycles. The Hall–Kier alpha value is -3.01. The summed E-state index contributed by atoms with van der Waals surface area (Å²) < 4.78 is 48.4. The van der Waals surface area contributed by atoms with Crippen molar-refractivity contribution in [3.63, 3.8) is 0 Å². The molecule has 0 aliphatic carbocycles. The first kappa shape index (κ1) is 21.7. The molecule has 1 aromatic heterocycles. The van der Waals surface area contributed by atoms with Crippen LogP contribution in [0.4, 0.5) is 18.9 Å². The number of nitrogens with zero attached hydrogens (tertiary/aromatic N) is 1. The Morgan fingerprint density at radius 3 is 2.73 bits per heavy atom. The number of likely N-dealkylation sites (tertiary alicyclic amines) is 1. The smallest absolute Gasteiger partial charge is 0.416 e. The molecule has 0 radical (unpaired) electrons. The lowest BCUT2D eigenvalue weighted by Crippen LogP contribution is -2.28. The molecular weight excluding hydrogens is 429 g/mol. The van der Waals surface area contributed by atoms with Gasteiger partial charge in [0.05, 0.1) is 35.0 Å². The predicted molar refractivity (Wildman–Crippen MR) is 98.3 cm³/mol. The summed E-state index contributed by atoms with van der Waals surface area (Å²) >= 11 is 5.81. The van der Waals surface area contributed by atoms with Gasteiger partial charge in [0.15, 0.2) is 6.61 Å². The van der Waals surface area contributed by atoms with Gasteiger partial charge in [-0.15, -0.1) is 0 Å². The third kappa shape index (κ3) is 5.32. The van der Waals surface area contributed by atoms with Crippen molar-refractivity contribution in [3.8, 4) is 0 Å². The minimum absolute atomic E-state index is 0.0688. The number of hydrogen-bond acceptors (Lipinski definition) is 5. The van der Waals surface area contributed by atoms with E-state index in [-0.39, 0.29) is 36.1 Å². The zero-order chi connectivity index (χ0) is 21.9. The highest BCUT2D eigenvalue weighted by Crippen LogP contribution is 2.33. The van der Waals surface area contributed by atoms with E-state index < -0.39 is 36.1 Å². The summed E-state index contributed by atoms with van der Waals surface area (Å²) in [4.78, 5) is 37.6. The van der Waals surface area contributed by atoms with E-state index in [4.69, 9.17) is 20.8 Å². The van der Waals surface area contributed by atoms with Crippen molar-refractivity contribution in [2.24, 2.45) is 5.92 Å². The van der Waals surface area contributed by atoms with Crippen LogP contribution in [0.3, 0.4) is 0 Å². The molecule has 2 aromatic rings. The summed E-state index contributed by atoms with van der Waals surface area (Å²) in [5.74, 6) is -2.06. The Kier molecular flexibility index (Phi) is 6.35. The largest absolute Gasteiger partial charge is 0.467 e. The minimum Gasteiger partial charge on any atom is -0.467 e. The Bertz CT molecular complexity index is 946. The Morgan fingerprint density at radius 1 is 1.30 bits per heavy atom. The van der Waals surface area contributed by atoms with Gasteiger partial charge in [0.25, 0.3) is 5.91 Å². The second kappa shape index (κ2) is 8.78. The van der Waals surface area contributed by atoms with Crippen molar-refractivity contribution in [1.82, 2.24) is 4.90 Å². The quantitative estimate of drug-likeness (QED) is 0.689. The zero-order valence-corrected chi connectivity index (χ0v) is 16.1. The average Bonchev–Trinajstić information content (AvgIpc) is 3.31. The molecule has 0 saturated carbocycles. The van der Waals surface area contributed by atoms with Gasteiger partial charge in [-0.1, -0.05) is 11.6 Å². The van der Waals surface area contributed by atoms with Gasteiger partial charge in [0, 0.05) is 13.0 Å². The molecule has 7 nitrogen and oxygen atoms in total. The van der Waals surface area contributed by atoms with Gasteiger partial charge in [0.1, 0.15) is 5.76 Å². The average molecular weight is 445 g/mol. The zero-order valence-electron chi connectivity index (χ0n) is 15.4. The number of hydrogen-bond donors (Lipinski definition) is 1. The number of halogens is 4. The molecule has 0 bridgehead atoms. The van der Waals surface area contributed by atoms with E-state index in [1.807, 2.05) is 0 Å². The van der Waals surface area contributed by atoms with Crippen molar-refractivity contribution in [1.29, 1.82) is 0 Å². The maximum absolute atomic E-state index is 12.8. The monoisotopic (exact) mass is 444 g/mol. The second-order valence-corrected chi connectivity index (χ2v) is 7.01. The molecule has 160 valence electrons. The lowest BCUT2D eigenvalue weighted by molar-refractivity contribution is -0.151. The van der Waals surface area contributed by atoms with Gasteiger partial charge in [-0.05, 0) is 30.3 Å². The van der Waals surface area contributed by atoms with Gasteiger partial charge in [-0.25, -0.2) is 0 Å². The van der Waals surface area contributed by atoms with Crippen molar-refractivity contribution >= 4 is 35.1 Å². The van der Waals surface area contributed by atoms with Crippen LogP contribution < -0.4 is 5.32 Å². The van der Waals surface area contributed by atoms with Crippen LogP contribution in [-0.4, -0.2) is 35.8 Å². The van der Waals surface area contributed by atoms with Crippen LogP contribution in [0, 0.1) is 5.92 Å². The van der Waals surface area contributed by atoms with E-state index in [0.29, 0.717) is 11.8 Å². The summed E-state index contributed by atoms with van der Waals surface area (Å²) in [5.41, 5.74) is -1.24. The van der Waals surface area contributed by atoms with Crippen molar-refractivity contribution in [2.75, 3.05) is 18.5 Å². The van der Waals surface area contributed by atoms with Crippen LogP contribution in [0.5, 0.6) is 0 Å². The number of carbonyl (C=O) groups is 3. The lowest BCUT2D eigenvalue weighted by atomic mass is 10.1. The first-order valence-electron chi connectivity index (χ1n) is 8.77. The molecule has 2 heterocycles. The van der Waals surface area contributed by atoms with Crippen LogP contribution >= 0.6 is 11.6 Å². The van der Waals surface area contributed by atoms with Gasteiger partial charge in [-0.3, -0.25) is 14.4 Å². The molecule has 1 atom stereocenters. The highest BCUT2D eigenvalue weighted by Gasteiger charge is 2.36. The molecular formula is C19H16ClF3N2O5. The number of nitrogens with one attached hydrogen (secondary N) is 1. The standard InChI is InChI=1S/C19H16ClF3N2O5/c20-14-4-3-12(19(21,22)23)7-15(14)24-16(26)10-30-18(28)11-6-17(27)25(8-11)9-13-2-1-5-29-13/h1-5,7,11H,6,8-10H2,(H,24,26)/t11-/m0/s1. The number of benzene rings is 1. The third-order valence-electron chi connectivity index (χ3n) is 4.39. The maximum atomic E-state index is 12.8. The number of carbonyl (C=O) groups excluding carboxylic acids is 3. The summed E-state index contributed by atoms with van der Waals surface area (Å²) in [6.45, 7) is -0.405. The first-order valence-corrected chi connectivity index (χ1v) is 9.14. The van der Waals surface area contributed by atoms with E-state index in [2.05, 4.69) is 5.32 Å². The van der Waals surface area contributed by atoms with Gasteiger partial charge >= 0.3 is 12.1 Å². The molecule has 3 rings (SSSR count). The van der Waals surface area contributed by atoms with E-state index in [0.717, 1.165) is 12.1 Å². The molecule has 1 fully saturated rings. The fourth-order valence-electron chi connectivity index (χ4n) is 2.91. The molecule has 0 unspecified atom stereocenters. The normalized spacial score (nSPS) is 16.6. The fourth-order valence-corrected chi connectivity index (χ4v) is 3.08. The molecule has 1 aliphatic rings. The summed E-state index contributed by atoms with van der Waals surface area (Å²) in [7, 11) is 0. The Morgan fingerprint density at radius 2 is 2.07 bits per heavy atom. The summed E-state index contributed by atoms with van der Waals surface area (Å²) in [5, 5.41) is 2.08. The van der Waals surface area contributed by atoms with E-state index in [1.54, 1.807) is 12.1 Å².